The first kappa shape index (κ1) is 16.2. The first-order valence-electron chi connectivity index (χ1n) is 7.39. The van der Waals surface area contributed by atoms with Crippen LogP contribution in [0.4, 0.5) is 5.69 Å². The fraction of sp³-hybridized carbons (Fsp3) is 0.250. The Morgan fingerprint density at radius 3 is 2.67 bits per heavy atom. The van der Waals surface area contributed by atoms with Gasteiger partial charge in [-0.15, -0.1) is 0 Å². The SMILES string of the molecule is O=C(O)[C@H]1CC=CC[C@@H]1C(=O)Nc1cc(Cl)ccc1-n1cncn1. The van der Waals surface area contributed by atoms with Crippen molar-refractivity contribution in [2.45, 2.75) is 12.8 Å². The molecule has 1 heterocycles. The van der Waals surface area contributed by atoms with Crippen LogP contribution in [0.2, 0.25) is 5.02 Å². The molecule has 8 heteroatoms. The fourth-order valence-electron chi connectivity index (χ4n) is 2.74. The van der Waals surface area contributed by atoms with E-state index >= 15 is 0 Å². The van der Waals surface area contributed by atoms with E-state index in [9.17, 15) is 14.7 Å². The average molecular weight is 347 g/mol. The topological polar surface area (TPSA) is 97.1 Å². The Bertz CT molecular complexity index is 789. The molecule has 0 aliphatic heterocycles. The third-order valence-electron chi connectivity index (χ3n) is 3.97. The highest BCUT2D eigenvalue weighted by molar-refractivity contribution is 6.31. The molecule has 0 radical (unpaired) electrons. The summed E-state index contributed by atoms with van der Waals surface area (Å²) in [6, 6.07) is 4.99. The van der Waals surface area contributed by atoms with Gasteiger partial charge in [-0.05, 0) is 31.0 Å². The molecule has 24 heavy (non-hydrogen) atoms. The molecular weight excluding hydrogens is 332 g/mol. The Kier molecular flexibility index (Phi) is 4.61. The number of benzene rings is 1. The summed E-state index contributed by atoms with van der Waals surface area (Å²) in [5.41, 5.74) is 1.06. The number of carbonyl (C=O) groups is 2. The predicted octanol–water partition coefficient (Wildman–Crippen LogP) is 2.53. The molecule has 2 aromatic rings. The van der Waals surface area contributed by atoms with Crippen LogP contribution in [-0.2, 0) is 9.59 Å². The second-order valence-corrected chi connectivity index (χ2v) is 5.92. The van der Waals surface area contributed by atoms with Crippen LogP contribution < -0.4 is 5.32 Å². The zero-order chi connectivity index (χ0) is 17.1. The number of nitrogens with one attached hydrogen (secondary N) is 1. The number of hydrogen-bond donors (Lipinski definition) is 2. The molecule has 0 fully saturated rings. The minimum absolute atomic E-state index is 0.346. The Morgan fingerprint density at radius 2 is 2.00 bits per heavy atom. The van der Waals surface area contributed by atoms with Gasteiger partial charge in [0, 0.05) is 5.02 Å². The number of aliphatic carboxylic acids is 1. The number of hydrogen-bond acceptors (Lipinski definition) is 4. The Labute approximate surface area is 143 Å². The number of nitrogens with zero attached hydrogens (tertiary/aromatic N) is 3. The molecule has 0 saturated heterocycles. The summed E-state index contributed by atoms with van der Waals surface area (Å²) >= 11 is 6.02. The lowest BCUT2D eigenvalue weighted by Gasteiger charge is -2.24. The maximum absolute atomic E-state index is 12.6. The lowest BCUT2D eigenvalue weighted by atomic mass is 9.82. The molecule has 0 bridgehead atoms. The highest BCUT2D eigenvalue weighted by Crippen LogP contribution is 2.29. The van der Waals surface area contributed by atoms with E-state index in [0.29, 0.717) is 29.2 Å². The van der Waals surface area contributed by atoms with E-state index in [4.69, 9.17) is 11.6 Å². The van der Waals surface area contributed by atoms with Crippen molar-refractivity contribution in [1.82, 2.24) is 14.8 Å². The number of carboxylic acids is 1. The minimum atomic E-state index is -0.970. The van der Waals surface area contributed by atoms with Crippen molar-refractivity contribution in [2.24, 2.45) is 11.8 Å². The molecule has 2 atom stereocenters. The normalized spacial score (nSPS) is 19.9. The van der Waals surface area contributed by atoms with E-state index < -0.39 is 17.8 Å². The quantitative estimate of drug-likeness (QED) is 0.829. The van der Waals surface area contributed by atoms with Crippen LogP contribution in [-0.4, -0.2) is 31.7 Å². The standard InChI is InChI=1S/C16H15ClN4O3/c17-10-5-6-14(21-9-18-8-19-21)13(7-10)20-15(22)11-3-1-2-4-12(11)16(23)24/h1-2,5-9,11-12H,3-4H2,(H,20,22)(H,23,24)/t11-,12-/m0/s1. The zero-order valence-corrected chi connectivity index (χ0v) is 13.3. The van der Waals surface area contributed by atoms with Crippen LogP contribution in [0.3, 0.4) is 0 Å². The van der Waals surface area contributed by atoms with Crippen LogP contribution in [0.15, 0.2) is 43.0 Å². The van der Waals surface area contributed by atoms with Gasteiger partial charge in [0.1, 0.15) is 12.7 Å². The molecule has 0 spiro atoms. The van der Waals surface area contributed by atoms with Crippen LogP contribution >= 0.6 is 11.6 Å². The summed E-state index contributed by atoms with van der Waals surface area (Å²) in [6.45, 7) is 0. The molecule has 3 rings (SSSR count). The van der Waals surface area contributed by atoms with Crippen LogP contribution in [0.25, 0.3) is 5.69 Å². The van der Waals surface area contributed by atoms with Crippen LogP contribution in [0.5, 0.6) is 0 Å². The Hall–Kier alpha value is -2.67. The van der Waals surface area contributed by atoms with E-state index in [1.165, 1.54) is 17.3 Å². The van der Waals surface area contributed by atoms with Crippen molar-refractivity contribution in [3.63, 3.8) is 0 Å². The van der Waals surface area contributed by atoms with Gasteiger partial charge in [0.05, 0.1) is 23.2 Å². The molecule has 0 saturated carbocycles. The molecule has 1 aromatic carbocycles. The lowest BCUT2D eigenvalue weighted by Crippen LogP contribution is -2.35. The number of amides is 1. The second kappa shape index (κ2) is 6.84. The first-order valence-corrected chi connectivity index (χ1v) is 7.77. The number of allylic oxidation sites excluding steroid dienone is 2. The summed E-state index contributed by atoms with van der Waals surface area (Å²) in [5, 5.41) is 16.6. The van der Waals surface area contributed by atoms with Crippen molar-refractivity contribution in [3.8, 4) is 5.69 Å². The Balaban J connectivity index is 1.88. The van der Waals surface area contributed by atoms with Crippen molar-refractivity contribution < 1.29 is 14.7 Å². The highest BCUT2D eigenvalue weighted by atomic mass is 35.5. The first-order chi connectivity index (χ1) is 11.6. The third kappa shape index (κ3) is 3.30. The summed E-state index contributed by atoms with van der Waals surface area (Å²) in [7, 11) is 0. The van der Waals surface area contributed by atoms with Crippen molar-refractivity contribution in [2.75, 3.05) is 5.32 Å². The number of carboxylic acid groups (broad SMARTS) is 1. The van der Waals surface area contributed by atoms with E-state index in [1.807, 2.05) is 6.08 Å². The number of rotatable bonds is 4. The van der Waals surface area contributed by atoms with Crippen LogP contribution in [0.1, 0.15) is 12.8 Å². The van der Waals surface area contributed by atoms with Crippen molar-refractivity contribution >= 4 is 29.2 Å². The molecule has 1 aromatic heterocycles. The maximum atomic E-state index is 12.6. The van der Waals surface area contributed by atoms with Gasteiger partial charge in [-0.25, -0.2) is 9.67 Å². The number of halogens is 1. The van der Waals surface area contributed by atoms with Gasteiger partial charge in [-0.3, -0.25) is 9.59 Å². The van der Waals surface area contributed by atoms with Crippen molar-refractivity contribution in [1.29, 1.82) is 0 Å². The Morgan fingerprint density at radius 1 is 1.25 bits per heavy atom. The number of carbonyl (C=O) groups excluding carboxylic acids is 1. The van der Waals surface area contributed by atoms with E-state index in [0.717, 1.165) is 0 Å². The predicted molar refractivity (Wildman–Crippen MR) is 88.0 cm³/mol. The molecular formula is C16H15ClN4O3. The number of aromatic nitrogens is 3. The van der Waals surface area contributed by atoms with Gasteiger partial charge in [0.2, 0.25) is 5.91 Å². The molecule has 0 unspecified atom stereocenters. The monoisotopic (exact) mass is 346 g/mol. The van der Waals surface area contributed by atoms with E-state index in [-0.39, 0.29) is 5.91 Å². The molecule has 1 aliphatic rings. The second-order valence-electron chi connectivity index (χ2n) is 5.48. The molecule has 2 N–H and O–H groups in total. The maximum Gasteiger partial charge on any atom is 0.307 e. The summed E-state index contributed by atoms with van der Waals surface area (Å²) < 4.78 is 1.50. The van der Waals surface area contributed by atoms with Gasteiger partial charge in [-0.1, -0.05) is 23.8 Å². The molecule has 124 valence electrons. The van der Waals surface area contributed by atoms with Crippen LogP contribution in [0, 0.1) is 11.8 Å². The fourth-order valence-corrected chi connectivity index (χ4v) is 2.92. The average Bonchev–Trinajstić information content (AvgIpc) is 3.09. The summed E-state index contributed by atoms with van der Waals surface area (Å²) in [5.74, 6) is -2.68. The van der Waals surface area contributed by atoms with Gasteiger partial charge in [-0.2, -0.15) is 5.10 Å². The molecule has 1 amide bonds. The van der Waals surface area contributed by atoms with E-state index in [2.05, 4.69) is 15.4 Å². The van der Waals surface area contributed by atoms with Gasteiger partial charge in [0.25, 0.3) is 0 Å². The highest BCUT2D eigenvalue weighted by Gasteiger charge is 2.34. The van der Waals surface area contributed by atoms with Gasteiger partial charge < -0.3 is 10.4 Å². The lowest BCUT2D eigenvalue weighted by molar-refractivity contribution is -0.146. The van der Waals surface area contributed by atoms with E-state index in [1.54, 1.807) is 24.3 Å². The molecule has 1 aliphatic carbocycles. The minimum Gasteiger partial charge on any atom is -0.481 e. The van der Waals surface area contributed by atoms with Crippen molar-refractivity contribution in [3.05, 3.63) is 48.0 Å². The van der Waals surface area contributed by atoms with Gasteiger partial charge in [0.15, 0.2) is 0 Å². The van der Waals surface area contributed by atoms with Gasteiger partial charge >= 0.3 is 5.97 Å². The summed E-state index contributed by atoms with van der Waals surface area (Å²) in [4.78, 5) is 27.9. The molecule has 7 nitrogen and oxygen atoms in total. The summed E-state index contributed by atoms with van der Waals surface area (Å²) in [6.07, 6.45) is 7.25. The smallest absolute Gasteiger partial charge is 0.307 e. The third-order valence-corrected chi connectivity index (χ3v) is 4.20. The zero-order valence-electron chi connectivity index (χ0n) is 12.6. The number of anilines is 1. The largest absolute Gasteiger partial charge is 0.481 e.